The summed E-state index contributed by atoms with van der Waals surface area (Å²) in [7, 11) is 1.49. The monoisotopic (exact) mass is 371 g/mol. The van der Waals surface area contributed by atoms with Crippen LogP contribution in [0.15, 0.2) is 42.7 Å². The van der Waals surface area contributed by atoms with Gasteiger partial charge in [-0.15, -0.1) is 0 Å². The SMILES string of the molecule is COCC(=O)N1CCCN(C(=O)c2cccc(-c3ccncc3F)c2)CC1. The molecule has 0 bridgehead atoms. The Labute approximate surface area is 157 Å². The molecule has 27 heavy (non-hydrogen) atoms. The highest BCUT2D eigenvalue weighted by molar-refractivity contribution is 5.95. The Morgan fingerprint density at radius 2 is 1.93 bits per heavy atom. The zero-order valence-electron chi connectivity index (χ0n) is 15.2. The van der Waals surface area contributed by atoms with Crippen LogP contribution in [0.5, 0.6) is 0 Å². The fourth-order valence-corrected chi connectivity index (χ4v) is 3.20. The van der Waals surface area contributed by atoms with Crippen molar-refractivity contribution in [3.8, 4) is 11.1 Å². The van der Waals surface area contributed by atoms with E-state index in [1.54, 1.807) is 40.1 Å². The Morgan fingerprint density at radius 3 is 2.70 bits per heavy atom. The summed E-state index contributed by atoms with van der Waals surface area (Å²) >= 11 is 0. The van der Waals surface area contributed by atoms with Gasteiger partial charge in [-0.2, -0.15) is 0 Å². The minimum atomic E-state index is -0.427. The van der Waals surface area contributed by atoms with E-state index in [9.17, 15) is 14.0 Å². The fraction of sp³-hybridized carbons (Fsp3) is 0.350. The zero-order chi connectivity index (χ0) is 19.2. The molecular formula is C20H22FN3O3. The maximum Gasteiger partial charge on any atom is 0.253 e. The van der Waals surface area contributed by atoms with Gasteiger partial charge in [0.25, 0.3) is 5.91 Å². The summed E-state index contributed by atoms with van der Waals surface area (Å²) in [6, 6.07) is 8.52. The molecule has 1 aliphatic heterocycles. The van der Waals surface area contributed by atoms with Crippen LogP contribution in [0.4, 0.5) is 4.39 Å². The van der Waals surface area contributed by atoms with Crippen LogP contribution in [0, 0.1) is 5.82 Å². The summed E-state index contributed by atoms with van der Waals surface area (Å²) < 4.78 is 18.9. The molecule has 1 aromatic heterocycles. The number of aromatic nitrogens is 1. The molecule has 0 radical (unpaired) electrons. The molecule has 7 heteroatoms. The number of carbonyl (C=O) groups excluding carboxylic acids is 2. The predicted molar refractivity (Wildman–Crippen MR) is 98.6 cm³/mol. The van der Waals surface area contributed by atoms with Crippen LogP contribution in [-0.4, -0.2) is 66.5 Å². The first kappa shape index (κ1) is 19.0. The normalized spacial score (nSPS) is 14.7. The molecule has 1 aromatic carbocycles. The molecule has 0 spiro atoms. The molecule has 2 heterocycles. The average molecular weight is 371 g/mol. The molecule has 1 fully saturated rings. The smallest absolute Gasteiger partial charge is 0.253 e. The second-order valence-corrected chi connectivity index (χ2v) is 6.40. The van der Waals surface area contributed by atoms with Crippen molar-refractivity contribution >= 4 is 11.8 Å². The van der Waals surface area contributed by atoms with E-state index < -0.39 is 5.82 Å². The summed E-state index contributed by atoms with van der Waals surface area (Å²) in [4.78, 5) is 32.1. The van der Waals surface area contributed by atoms with E-state index in [1.807, 2.05) is 0 Å². The summed E-state index contributed by atoms with van der Waals surface area (Å²) in [6.07, 6.45) is 3.39. The van der Waals surface area contributed by atoms with E-state index in [-0.39, 0.29) is 18.4 Å². The van der Waals surface area contributed by atoms with Crippen molar-refractivity contribution in [1.29, 1.82) is 0 Å². The van der Waals surface area contributed by atoms with E-state index in [0.29, 0.717) is 49.3 Å². The van der Waals surface area contributed by atoms with Crippen LogP contribution in [0.2, 0.25) is 0 Å². The number of amides is 2. The minimum Gasteiger partial charge on any atom is -0.375 e. The Balaban J connectivity index is 1.74. The number of ether oxygens (including phenoxy) is 1. The molecule has 1 aliphatic rings. The molecular weight excluding hydrogens is 349 g/mol. The molecule has 0 N–H and O–H groups in total. The molecule has 142 valence electrons. The number of benzene rings is 1. The summed E-state index contributed by atoms with van der Waals surface area (Å²) in [5.41, 5.74) is 1.54. The van der Waals surface area contributed by atoms with Gasteiger partial charge in [0.05, 0.1) is 6.20 Å². The van der Waals surface area contributed by atoms with Crippen LogP contribution in [-0.2, 0) is 9.53 Å². The van der Waals surface area contributed by atoms with E-state index >= 15 is 0 Å². The summed E-state index contributed by atoms with van der Waals surface area (Å²) in [6.45, 7) is 2.17. The first-order chi connectivity index (χ1) is 13.1. The lowest BCUT2D eigenvalue weighted by Crippen LogP contribution is -2.38. The number of hydrogen-bond acceptors (Lipinski definition) is 4. The van der Waals surface area contributed by atoms with Crippen LogP contribution in [0.3, 0.4) is 0 Å². The molecule has 2 amide bonds. The third kappa shape index (κ3) is 4.49. The highest BCUT2D eigenvalue weighted by atomic mass is 19.1. The topological polar surface area (TPSA) is 62.7 Å². The number of pyridine rings is 1. The lowest BCUT2D eigenvalue weighted by molar-refractivity contribution is -0.135. The van der Waals surface area contributed by atoms with E-state index in [2.05, 4.69) is 4.98 Å². The van der Waals surface area contributed by atoms with Gasteiger partial charge in [0.2, 0.25) is 5.91 Å². The Bertz CT molecular complexity index is 828. The molecule has 0 atom stereocenters. The molecule has 0 aliphatic carbocycles. The molecule has 3 rings (SSSR count). The third-order valence-electron chi connectivity index (χ3n) is 4.60. The van der Waals surface area contributed by atoms with Crippen molar-refractivity contribution in [1.82, 2.24) is 14.8 Å². The average Bonchev–Trinajstić information content (AvgIpc) is 2.94. The Morgan fingerprint density at radius 1 is 1.15 bits per heavy atom. The number of nitrogens with zero attached hydrogens (tertiary/aromatic N) is 3. The van der Waals surface area contributed by atoms with Gasteiger partial charge in [-0.3, -0.25) is 14.6 Å². The minimum absolute atomic E-state index is 0.0491. The molecule has 0 unspecified atom stereocenters. The van der Waals surface area contributed by atoms with Crippen molar-refractivity contribution in [2.45, 2.75) is 6.42 Å². The van der Waals surface area contributed by atoms with Gasteiger partial charge in [0, 0.05) is 50.6 Å². The molecule has 1 saturated heterocycles. The standard InChI is InChI=1S/C20H22FN3O3/c1-27-14-19(25)23-8-3-9-24(11-10-23)20(26)16-5-2-4-15(12-16)17-6-7-22-13-18(17)21/h2,4-7,12-13H,3,8-11,14H2,1H3. The van der Waals surface area contributed by atoms with Crippen molar-refractivity contribution in [3.63, 3.8) is 0 Å². The number of carbonyl (C=O) groups is 2. The fourth-order valence-electron chi connectivity index (χ4n) is 3.20. The van der Waals surface area contributed by atoms with Gasteiger partial charge < -0.3 is 14.5 Å². The van der Waals surface area contributed by atoms with Crippen LogP contribution >= 0.6 is 0 Å². The number of halogens is 1. The summed E-state index contributed by atoms with van der Waals surface area (Å²) in [5.74, 6) is -0.613. The maximum absolute atomic E-state index is 14.0. The van der Waals surface area contributed by atoms with Crippen molar-refractivity contribution < 1.29 is 18.7 Å². The van der Waals surface area contributed by atoms with E-state index in [1.165, 1.54) is 13.3 Å². The quantitative estimate of drug-likeness (QED) is 0.827. The highest BCUT2D eigenvalue weighted by Crippen LogP contribution is 2.23. The first-order valence-electron chi connectivity index (χ1n) is 8.86. The second kappa shape index (κ2) is 8.73. The maximum atomic E-state index is 14.0. The van der Waals surface area contributed by atoms with Gasteiger partial charge >= 0.3 is 0 Å². The second-order valence-electron chi connectivity index (χ2n) is 6.40. The van der Waals surface area contributed by atoms with Gasteiger partial charge in [-0.25, -0.2) is 4.39 Å². The lowest BCUT2D eigenvalue weighted by atomic mass is 10.0. The van der Waals surface area contributed by atoms with Crippen LogP contribution in [0.25, 0.3) is 11.1 Å². The number of rotatable bonds is 4. The first-order valence-corrected chi connectivity index (χ1v) is 8.86. The van der Waals surface area contributed by atoms with Crippen molar-refractivity contribution in [2.75, 3.05) is 39.9 Å². The Kier molecular flexibility index (Phi) is 6.13. The number of hydrogen-bond donors (Lipinski definition) is 0. The van der Waals surface area contributed by atoms with Gasteiger partial charge in [-0.05, 0) is 30.2 Å². The molecule has 6 nitrogen and oxygen atoms in total. The predicted octanol–water partition coefficient (Wildman–Crippen LogP) is 2.21. The van der Waals surface area contributed by atoms with Crippen molar-refractivity contribution in [3.05, 3.63) is 54.1 Å². The molecule has 0 saturated carbocycles. The van der Waals surface area contributed by atoms with Crippen LogP contribution < -0.4 is 0 Å². The largest absolute Gasteiger partial charge is 0.375 e. The van der Waals surface area contributed by atoms with Gasteiger partial charge in [0.15, 0.2) is 0 Å². The lowest BCUT2D eigenvalue weighted by Gasteiger charge is -2.22. The van der Waals surface area contributed by atoms with Gasteiger partial charge in [0.1, 0.15) is 12.4 Å². The number of methoxy groups -OCH3 is 1. The van der Waals surface area contributed by atoms with Crippen molar-refractivity contribution in [2.24, 2.45) is 0 Å². The Hall–Kier alpha value is -2.80. The zero-order valence-corrected chi connectivity index (χ0v) is 15.2. The van der Waals surface area contributed by atoms with E-state index in [0.717, 1.165) is 6.20 Å². The molecule has 2 aromatic rings. The van der Waals surface area contributed by atoms with Gasteiger partial charge in [-0.1, -0.05) is 12.1 Å². The summed E-state index contributed by atoms with van der Waals surface area (Å²) in [5, 5.41) is 0. The highest BCUT2D eigenvalue weighted by Gasteiger charge is 2.23. The van der Waals surface area contributed by atoms with E-state index in [4.69, 9.17) is 4.74 Å². The van der Waals surface area contributed by atoms with Crippen LogP contribution in [0.1, 0.15) is 16.8 Å². The third-order valence-corrected chi connectivity index (χ3v) is 4.60.